The van der Waals surface area contributed by atoms with Crippen LogP contribution in [-0.2, 0) is 9.53 Å². The number of carbonyl (C=O) groups is 1. The highest BCUT2D eigenvalue weighted by atomic mass is 16.5. The van der Waals surface area contributed by atoms with Crippen molar-refractivity contribution in [3.05, 3.63) is 17.6 Å². The van der Waals surface area contributed by atoms with Crippen molar-refractivity contribution in [1.82, 2.24) is 0 Å². The SMILES string of the molecule is CC(=O)OC=C=C1CCCC1C(C)C. The first-order chi connectivity index (χ1) is 6.61. The molecule has 1 rings (SSSR count). The normalized spacial score (nSPS) is 20.9. The van der Waals surface area contributed by atoms with E-state index in [-0.39, 0.29) is 5.97 Å². The summed E-state index contributed by atoms with van der Waals surface area (Å²) in [6, 6.07) is 0. The molecule has 0 spiro atoms. The Hall–Kier alpha value is -1.01. The topological polar surface area (TPSA) is 26.3 Å². The van der Waals surface area contributed by atoms with E-state index < -0.39 is 0 Å². The summed E-state index contributed by atoms with van der Waals surface area (Å²) in [5.74, 6) is 1.00. The Morgan fingerprint density at radius 1 is 1.64 bits per heavy atom. The van der Waals surface area contributed by atoms with Crippen LogP contribution in [0.5, 0.6) is 0 Å². The van der Waals surface area contributed by atoms with Gasteiger partial charge in [0, 0.05) is 6.92 Å². The molecule has 1 aliphatic rings. The van der Waals surface area contributed by atoms with E-state index in [2.05, 4.69) is 19.6 Å². The molecule has 0 N–H and O–H groups in total. The molecule has 0 amide bonds. The van der Waals surface area contributed by atoms with Crippen molar-refractivity contribution in [2.75, 3.05) is 0 Å². The molecule has 1 atom stereocenters. The molecule has 2 heteroatoms. The van der Waals surface area contributed by atoms with E-state index in [4.69, 9.17) is 4.74 Å². The minimum Gasteiger partial charge on any atom is -0.426 e. The lowest BCUT2D eigenvalue weighted by atomic mass is 9.91. The summed E-state index contributed by atoms with van der Waals surface area (Å²) in [4.78, 5) is 10.5. The standard InChI is InChI=1S/C12H18O2/c1-9(2)12-6-4-5-11(12)7-8-14-10(3)13/h8-9,12H,4-6H2,1-3H3. The summed E-state index contributed by atoms with van der Waals surface area (Å²) in [7, 11) is 0. The summed E-state index contributed by atoms with van der Waals surface area (Å²) in [6.07, 6.45) is 4.98. The summed E-state index contributed by atoms with van der Waals surface area (Å²) in [5, 5.41) is 0. The fraction of sp³-hybridized carbons (Fsp3) is 0.667. The average Bonchev–Trinajstić information content (AvgIpc) is 2.51. The monoisotopic (exact) mass is 194 g/mol. The Bertz CT molecular complexity index is 270. The highest BCUT2D eigenvalue weighted by Gasteiger charge is 2.23. The van der Waals surface area contributed by atoms with Crippen molar-refractivity contribution >= 4 is 5.97 Å². The first-order valence-electron chi connectivity index (χ1n) is 5.22. The smallest absolute Gasteiger partial charge is 0.308 e. The summed E-state index contributed by atoms with van der Waals surface area (Å²) < 4.78 is 4.74. The minimum atomic E-state index is -0.280. The third-order valence-corrected chi connectivity index (χ3v) is 2.68. The lowest BCUT2D eigenvalue weighted by molar-refractivity contribution is -0.135. The molecule has 78 valence electrons. The quantitative estimate of drug-likeness (QED) is 0.383. The number of allylic oxidation sites excluding steroid dienone is 1. The van der Waals surface area contributed by atoms with Crippen molar-refractivity contribution in [3.8, 4) is 0 Å². The molecule has 1 unspecified atom stereocenters. The number of esters is 1. The number of rotatable bonds is 2. The summed E-state index contributed by atoms with van der Waals surface area (Å²) >= 11 is 0. The number of hydrogen-bond donors (Lipinski definition) is 0. The second-order valence-electron chi connectivity index (χ2n) is 4.14. The molecular formula is C12H18O2. The maximum atomic E-state index is 10.5. The van der Waals surface area contributed by atoms with Gasteiger partial charge in [0.2, 0.25) is 0 Å². The molecule has 0 aromatic heterocycles. The molecule has 0 bridgehead atoms. The van der Waals surface area contributed by atoms with Gasteiger partial charge in [-0.2, -0.15) is 0 Å². The van der Waals surface area contributed by atoms with E-state index in [1.165, 1.54) is 31.6 Å². The zero-order valence-corrected chi connectivity index (χ0v) is 9.17. The van der Waals surface area contributed by atoms with E-state index in [0.29, 0.717) is 11.8 Å². The van der Waals surface area contributed by atoms with Crippen LogP contribution in [0.15, 0.2) is 17.6 Å². The van der Waals surface area contributed by atoms with Gasteiger partial charge in [0.1, 0.15) is 6.26 Å². The maximum absolute atomic E-state index is 10.5. The molecule has 2 nitrogen and oxygen atoms in total. The molecule has 0 aliphatic heterocycles. The van der Waals surface area contributed by atoms with Gasteiger partial charge in [0.15, 0.2) is 0 Å². The van der Waals surface area contributed by atoms with Crippen LogP contribution in [0.2, 0.25) is 0 Å². The van der Waals surface area contributed by atoms with Crippen LogP contribution in [0.3, 0.4) is 0 Å². The summed E-state index contributed by atoms with van der Waals surface area (Å²) in [5.41, 5.74) is 4.40. The third kappa shape index (κ3) is 3.04. The highest BCUT2D eigenvalue weighted by Crippen LogP contribution is 2.35. The fourth-order valence-electron chi connectivity index (χ4n) is 1.98. The van der Waals surface area contributed by atoms with E-state index in [0.717, 1.165) is 6.42 Å². The van der Waals surface area contributed by atoms with E-state index in [1.807, 2.05) is 0 Å². The zero-order chi connectivity index (χ0) is 10.6. The number of hydrogen-bond acceptors (Lipinski definition) is 2. The first kappa shape index (κ1) is 11.1. The molecule has 0 heterocycles. The van der Waals surface area contributed by atoms with Crippen LogP contribution in [0.25, 0.3) is 0 Å². The average molecular weight is 194 g/mol. The third-order valence-electron chi connectivity index (χ3n) is 2.68. The number of ether oxygens (including phenoxy) is 1. The van der Waals surface area contributed by atoms with Gasteiger partial charge in [-0.15, -0.1) is 0 Å². The zero-order valence-electron chi connectivity index (χ0n) is 9.17. The van der Waals surface area contributed by atoms with Crippen LogP contribution in [0.4, 0.5) is 0 Å². The molecule has 1 aliphatic carbocycles. The Morgan fingerprint density at radius 3 is 2.93 bits per heavy atom. The Morgan fingerprint density at radius 2 is 2.36 bits per heavy atom. The van der Waals surface area contributed by atoms with Gasteiger partial charge >= 0.3 is 5.97 Å². The lowest BCUT2D eigenvalue weighted by Gasteiger charge is -2.13. The van der Waals surface area contributed by atoms with Crippen molar-refractivity contribution in [2.24, 2.45) is 11.8 Å². The molecule has 14 heavy (non-hydrogen) atoms. The van der Waals surface area contributed by atoms with Crippen LogP contribution in [-0.4, -0.2) is 5.97 Å². The van der Waals surface area contributed by atoms with E-state index in [1.54, 1.807) is 0 Å². The molecular weight excluding hydrogens is 176 g/mol. The minimum absolute atomic E-state index is 0.280. The van der Waals surface area contributed by atoms with E-state index in [9.17, 15) is 4.79 Å². The molecule has 0 radical (unpaired) electrons. The van der Waals surface area contributed by atoms with Crippen LogP contribution in [0, 0.1) is 11.8 Å². The van der Waals surface area contributed by atoms with E-state index >= 15 is 0 Å². The van der Waals surface area contributed by atoms with Gasteiger partial charge < -0.3 is 4.74 Å². The molecule has 0 aromatic rings. The molecule has 1 saturated carbocycles. The first-order valence-corrected chi connectivity index (χ1v) is 5.22. The van der Waals surface area contributed by atoms with Gasteiger partial charge in [0.25, 0.3) is 0 Å². The predicted octanol–water partition coefficient (Wildman–Crippen LogP) is 3.04. The predicted molar refractivity (Wildman–Crippen MR) is 55.5 cm³/mol. The molecule has 0 saturated heterocycles. The second-order valence-corrected chi connectivity index (χ2v) is 4.14. The van der Waals surface area contributed by atoms with Crippen LogP contribution < -0.4 is 0 Å². The Balaban J connectivity index is 2.66. The maximum Gasteiger partial charge on any atom is 0.308 e. The number of carbonyl (C=O) groups excluding carboxylic acids is 1. The summed E-state index contributed by atoms with van der Waals surface area (Å²) in [6.45, 7) is 5.85. The van der Waals surface area contributed by atoms with Gasteiger partial charge in [-0.3, -0.25) is 4.79 Å². The second kappa shape index (κ2) is 5.02. The van der Waals surface area contributed by atoms with Gasteiger partial charge in [-0.25, -0.2) is 0 Å². The van der Waals surface area contributed by atoms with Crippen molar-refractivity contribution in [2.45, 2.75) is 40.0 Å². The van der Waals surface area contributed by atoms with Crippen molar-refractivity contribution in [1.29, 1.82) is 0 Å². The van der Waals surface area contributed by atoms with Gasteiger partial charge in [0.05, 0.1) is 0 Å². The van der Waals surface area contributed by atoms with Gasteiger partial charge in [-0.05, 0) is 36.7 Å². The van der Waals surface area contributed by atoms with Crippen molar-refractivity contribution < 1.29 is 9.53 Å². The van der Waals surface area contributed by atoms with Crippen LogP contribution in [0.1, 0.15) is 40.0 Å². The van der Waals surface area contributed by atoms with Crippen molar-refractivity contribution in [3.63, 3.8) is 0 Å². The Labute approximate surface area is 85.6 Å². The molecule has 0 aromatic carbocycles. The van der Waals surface area contributed by atoms with Crippen LogP contribution >= 0.6 is 0 Å². The van der Waals surface area contributed by atoms with Gasteiger partial charge in [-0.1, -0.05) is 19.6 Å². The fourth-order valence-corrected chi connectivity index (χ4v) is 1.98. The lowest BCUT2D eigenvalue weighted by Crippen LogP contribution is -2.04. The molecule has 1 fully saturated rings. The Kier molecular flexibility index (Phi) is 3.97. The highest BCUT2D eigenvalue weighted by molar-refractivity contribution is 5.66. The largest absolute Gasteiger partial charge is 0.426 e.